The first-order valence-electron chi connectivity index (χ1n) is 4.92. The van der Waals surface area contributed by atoms with Crippen molar-refractivity contribution in [3.63, 3.8) is 0 Å². The fourth-order valence-electron chi connectivity index (χ4n) is 1.45. The van der Waals surface area contributed by atoms with Crippen molar-refractivity contribution < 1.29 is 13.3 Å². The first-order chi connectivity index (χ1) is 7.22. The number of hydrogen-bond donors (Lipinski definition) is 1. The van der Waals surface area contributed by atoms with Gasteiger partial charge in [0.15, 0.2) is 0 Å². The number of imidazole rings is 1. The summed E-state index contributed by atoms with van der Waals surface area (Å²) in [5.74, 6) is 0.940. The lowest BCUT2D eigenvalue weighted by atomic mass is 10.3. The van der Waals surface area contributed by atoms with Gasteiger partial charge in [0, 0.05) is 33.9 Å². The van der Waals surface area contributed by atoms with E-state index >= 15 is 0 Å². The van der Waals surface area contributed by atoms with Gasteiger partial charge in [0.2, 0.25) is 0 Å². The third-order valence-electron chi connectivity index (χ3n) is 2.24. The van der Waals surface area contributed by atoms with Gasteiger partial charge in [-0.05, 0) is 6.42 Å². The van der Waals surface area contributed by atoms with Gasteiger partial charge in [-0.2, -0.15) is 0 Å². The van der Waals surface area contributed by atoms with E-state index in [0.717, 1.165) is 24.0 Å². The van der Waals surface area contributed by atoms with E-state index in [2.05, 4.69) is 16.9 Å². The lowest BCUT2D eigenvalue weighted by Gasteiger charge is -2.21. The topological polar surface area (TPSA) is 56.4 Å². The van der Waals surface area contributed by atoms with Crippen LogP contribution >= 0.6 is 0 Å². The Morgan fingerprint density at radius 1 is 1.27 bits per heavy atom. The molecule has 0 saturated heterocycles. The van der Waals surface area contributed by atoms with Crippen molar-refractivity contribution >= 4 is 14.1 Å². The predicted molar refractivity (Wildman–Crippen MR) is 59.0 cm³/mol. The van der Waals surface area contributed by atoms with Gasteiger partial charge >= 0.3 is 8.80 Å². The number of aromatic amines is 1. The van der Waals surface area contributed by atoms with Crippen molar-refractivity contribution in [3.05, 3.63) is 12.0 Å². The second-order valence-corrected chi connectivity index (χ2v) is 6.00. The molecule has 1 N–H and O–H groups in total. The summed E-state index contributed by atoms with van der Waals surface area (Å²) in [4.78, 5) is 7.51. The van der Waals surface area contributed by atoms with Crippen LogP contribution in [0.1, 0.15) is 19.2 Å². The maximum atomic E-state index is 5.33. The summed E-state index contributed by atoms with van der Waals surface area (Å²) in [7, 11) is 1.99. The number of hydrogen-bond acceptors (Lipinski definition) is 4. The van der Waals surface area contributed by atoms with Crippen LogP contribution in [-0.2, 0) is 19.7 Å². The molecule has 0 amide bonds. The molecular formula is C9H18N2O3Si. The van der Waals surface area contributed by atoms with Crippen LogP contribution in [0.2, 0.25) is 0 Å². The average Bonchev–Trinajstić information content (AvgIpc) is 2.71. The Morgan fingerprint density at radius 2 is 1.87 bits per heavy atom. The highest BCUT2D eigenvalue weighted by Crippen LogP contribution is 2.06. The smallest absolute Gasteiger partial charge is 0.372 e. The molecule has 0 unspecified atom stereocenters. The first-order valence-corrected chi connectivity index (χ1v) is 6.65. The van der Waals surface area contributed by atoms with Gasteiger partial charge in [-0.3, -0.25) is 0 Å². The van der Waals surface area contributed by atoms with Crippen LogP contribution < -0.4 is 5.32 Å². The minimum Gasteiger partial charge on any atom is -0.372 e. The highest BCUT2D eigenvalue weighted by atomic mass is 28.4. The summed E-state index contributed by atoms with van der Waals surface area (Å²) in [6, 6.07) is 0. The van der Waals surface area contributed by atoms with Gasteiger partial charge < -0.3 is 18.3 Å². The second-order valence-electron chi connectivity index (χ2n) is 3.15. The fraction of sp³-hybridized carbons (Fsp3) is 0.667. The Labute approximate surface area is 91.1 Å². The van der Waals surface area contributed by atoms with Gasteiger partial charge in [0.1, 0.15) is 11.1 Å². The van der Waals surface area contributed by atoms with E-state index in [1.54, 1.807) is 27.5 Å². The quantitative estimate of drug-likeness (QED) is 0.721. The number of aryl methyl sites for hydroxylation is 1. The van der Waals surface area contributed by atoms with Crippen molar-refractivity contribution in [1.82, 2.24) is 9.97 Å². The largest absolute Gasteiger partial charge is 0.557 e. The summed E-state index contributed by atoms with van der Waals surface area (Å²) in [5.41, 5.74) is 0. The van der Waals surface area contributed by atoms with E-state index < -0.39 is 8.80 Å². The normalized spacial score (nSPS) is 12.0. The number of rotatable bonds is 6. The summed E-state index contributed by atoms with van der Waals surface area (Å²) in [6.45, 7) is 2.11. The molecule has 0 radical (unpaired) electrons. The molecule has 5 nitrogen and oxygen atoms in total. The molecule has 0 spiro atoms. The van der Waals surface area contributed by atoms with E-state index in [1.165, 1.54) is 0 Å². The zero-order valence-corrected chi connectivity index (χ0v) is 10.7. The molecule has 15 heavy (non-hydrogen) atoms. The van der Waals surface area contributed by atoms with Crippen LogP contribution in [0.5, 0.6) is 0 Å². The van der Waals surface area contributed by atoms with Crippen molar-refractivity contribution in [3.8, 4) is 0 Å². The van der Waals surface area contributed by atoms with Crippen LogP contribution in [0, 0.1) is 0 Å². The third-order valence-corrected chi connectivity index (χ3v) is 4.73. The lowest BCUT2D eigenvalue weighted by Crippen LogP contribution is -2.55. The zero-order chi connectivity index (χ0) is 11.3. The van der Waals surface area contributed by atoms with Crippen LogP contribution in [0.25, 0.3) is 0 Å². The summed E-state index contributed by atoms with van der Waals surface area (Å²) in [6.07, 6.45) is 3.77. The summed E-state index contributed by atoms with van der Waals surface area (Å²) in [5, 5.41) is 0.735. The van der Waals surface area contributed by atoms with Crippen LogP contribution in [0.15, 0.2) is 6.20 Å². The fourth-order valence-corrected chi connectivity index (χ4v) is 3.10. The minimum absolute atomic E-state index is 0.735. The molecule has 0 aromatic carbocycles. The van der Waals surface area contributed by atoms with E-state index in [1.807, 2.05) is 0 Å². The SMILES string of the molecule is CCCc1nc([Si](OC)(OC)OC)c[nH]1. The number of aromatic nitrogens is 2. The lowest BCUT2D eigenvalue weighted by molar-refractivity contribution is 0.139. The number of nitrogens with zero attached hydrogens (tertiary/aromatic N) is 1. The van der Waals surface area contributed by atoms with Crippen molar-refractivity contribution in [2.24, 2.45) is 0 Å². The maximum Gasteiger partial charge on any atom is 0.557 e. The highest BCUT2D eigenvalue weighted by Gasteiger charge is 2.43. The average molecular weight is 230 g/mol. The van der Waals surface area contributed by atoms with Gasteiger partial charge in [0.05, 0.1) is 0 Å². The highest BCUT2D eigenvalue weighted by molar-refractivity contribution is 6.74. The minimum atomic E-state index is -2.74. The monoisotopic (exact) mass is 230 g/mol. The van der Waals surface area contributed by atoms with Crippen molar-refractivity contribution in [1.29, 1.82) is 0 Å². The van der Waals surface area contributed by atoms with Crippen LogP contribution in [-0.4, -0.2) is 40.1 Å². The molecule has 0 aliphatic rings. The molecule has 0 aliphatic heterocycles. The molecule has 1 aromatic heterocycles. The predicted octanol–water partition coefficient (Wildman–Crippen LogP) is 0.447. The maximum absolute atomic E-state index is 5.33. The molecule has 1 aromatic rings. The van der Waals surface area contributed by atoms with E-state index in [9.17, 15) is 0 Å². The number of H-pyrrole nitrogens is 1. The zero-order valence-electron chi connectivity index (χ0n) is 9.66. The van der Waals surface area contributed by atoms with Crippen LogP contribution in [0.4, 0.5) is 0 Å². The standard InChI is InChI=1S/C9H18N2O3Si/c1-5-6-8-10-7-9(11-8)15(12-2,13-3)14-4/h7H,5-6H2,1-4H3,(H,10,11). The second kappa shape index (κ2) is 5.41. The Hall–Kier alpha value is -0.693. The van der Waals surface area contributed by atoms with Gasteiger partial charge in [-0.1, -0.05) is 6.92 Å². The van der Waals surface area contributed by atoms with E-state index in [-0.39, 0.29) is 0 Å². The van der Waals surface area contributed by atoms with Crippen LogP contribution in [0.3, 0.4) is 0 Å². The summed E-state index contributed by atoms with van der Waals surface area (Å²) < 4.78 is 16.0. The first kappa shape index (κ1) is 12.4. The molecule has 0 fully saturated rings. The Kier molecular flexibility index (Phi) is 4.46. The molecule has 1 heterocycles. The van der Waals surface area contributed by atoms with Gasteiger partial charge in [-0.25, -0.2) is 4.98 Å². The van der Waals surface area contributed by atoms with Crippen molar-refractivity contribution in [2.45, 2.75) is 19.8 Å². The Bertz CT molecular complexity index is 291. The van der Waals surface area contributed by atoms with Gasteiger partial charge in [-0.15, -0.1) is 0 Å². The third kappa shape index (κ3) is 2.46. The molecule has 0 atom stereocenters. The molecule has 86 valence electrons. The number of nitrogens with one attached hydrogen (secondary N) is 1. The Morgan fingerprint density at radius 3 is 2.33 bits per heavy atom. The molecule has 0 saturated carbocycles. The molecule has 0 bridgehead atoms. The van der Waals surface area contributed by atoms with Gasteiger partial charge in [0.25, 0.3) is 0 Å². The van der Waals surface area contributed by atoms with E-state index in [4.69, 9.17) is 13.3 Å². The molecular weight excluding hydrogens is 212 g/mol. The Balaban J connectivity index is 2.91. The van der Waals surface area contributed by atoms with Crippen molar-refractivity contribution in [2.75, 3.05) is 21.3 Å². The van der Waals surface area contributed by atoms with E-state index in [0.29, 0.717) is 0 Å². The molecule has 6 heteroatoms. The molecule has 1 rings (SSSR count). The molecule has 0 aliphatic carbocycles. The summed E-state index contributed by atoms with van der Waals surface area (Å²) >= 11 is 0.